The number of halogens is 3. The highest BCUT2D eigenvalue weighted by Gasteiger charge is 2.30. The summed E-state index contributed by atoms with van der Waals surface area (Å²) < 4.78 is 45.4. The number of benzene rings is 2. The van der Waals surface area contributed by atoms with E-state index in [-0.39, 0.29) is 25.2 Å². The van der Waals surface area contributed by atoms with Gasteiger partial charge < -0.3 is 15.0 Å². The standard InChI is InChI=1S/C22H21F3N2O4/c23-16-5-6-17(19(25)11-16)21(29)27-9-7-14(8-10-27)22(30)31-13-20(28)26-12-15-3-1-2-4-18(15)24/h1-6,11,14H,7-10,12-13H2,(H,26,28). The molecule has 31 heavy (non-hydrogen) atoms. The SMILES string of the molecule is O=C(COC(=O)C1CCN(C(=O)c2ccc(F)cc2F)CC1)NCc1ccccc1F. The highest BCUT2D eigenvalue weighted by molar-refractivity contribution is 5.94. The molecule has 164 valence electrons. The summed E-state index contributed by atoms with van der Waals surface area (Å²) in [5.74, 6) is -4.35. The number of piperidine rings is 1. The Morgan fingerprint density at radius 1 is 1.00 bits per heavy atom. The Hall–Kier alpha value is -3.36. The maximum Gasteiger partial charge on any atom is 0.309 e. The maximum atomic E-state index is 13.8. The molecule has 0 unspecified atom stereocenters. The van der Waals surface area contributed by atoms with Gasteiger partial charge >= 0.3 is 5.97 Å². The van der Waals surface area contributed by atoms with Crippen LogP contribution < -0.4 is 5.32 Å². The lowest BCUT2D eigenvalue weighted by Crippen LogP contribution is -2.41. The zero-order valence-corrected chi connectivity index (χ0v) is 16.6. The molecule has 0 aromatic heterocycles. The first-order valence-corrected chi connectivity index (χ1v) is 9.76. The number of ether oxygens (including phenoxy) is 1. The van der Waals surface area contributed by atoms with Crippen molar-refractivity contribution in [1.29, 1.82) is 0 Å². The average Bonchev–Trinajstić information content (AvgIpc) is 2.76. The average molecular weight is 434 g/mol. The molecular weight excluding hydrogens is 413 g/mol. The van der Waals surface area contributed by atoms with Crippen LogP contribution in [0.1, 0.15) is 28.8 Å². The van der Waals surface area contributed by atoms with E-state index in [1.54, 1.807) is 6.07 Å². The summed E-state index contributed by atoms with van der Waals surface area (Å²) in [6.45, 7) is -0.111. The van der Waals surface area contributed by atoms with Crippen LogP contribution in [0.3, 0.4) is 0 Å². The molecule has 2 aromatic rings. The van der Waals surface area contributed by atoms with E-state index in [1.165, 1.54) is 23.1 Å². The Kier molecular flexibility index (Phi) is 7.28. The van der Waals surface area contributed by atoms with Crippen molar-refractivity contribution >= 4 is 17.8 Å². The predicted octanol–water partition coefficient (Wildman–Crippen LogP) is 2.82. The number of carbonyl (C=O) groups excluding carboxylic acids is 3. The van der Waals surface area contributed by atoms with Crippen LogP contribution in [-0.2, 0) is 20.9 Å². The van der Waals surface area contributed by atoms with Gasteiger partial charge in [-0.05, 0) is 31.0 Å². The maximum absolute atomic E-state index is 13.8. The van der Waals surface area contributed by atoms with Gasteiger partial charge in [0.2, 0.25) is 0 Å². The van der Waals surface area contributed by atoms with Crippen molar-refractivity contribution in [3.05, 3.63) is 71.0 Å². The molecule has 0 saturated carbocycles. The fourth-order valence-corrected chi connectivity index (χ4v) is 3.29. The van der Waals surface area contributed by atoms with Gasteiger partial charge in [0.15, 0.2) is 6.61 Å². The van der Waals surface area contributed by atoms with Crippen LogP contribution >= 0.6 is 0 Å². The summed E-state index contributed by atoms with van der Waals surface area (Å²) in [5, 5.41) is 2.48. The van der Waals surface area contributed by atoms with Crippen molar-refractivity contribution in [2.24, 2.45) is 5.92 Å². The van der Waals surface area contributed by atoms with E-state index in [4.69, 9.17) is 4.74 Å². The van der Waals surface area contributed by atoms with Crippen molar-refractivity contribution < 1.29 is 32.3 Å². The molecule has 0 radical (unpaired) electrons. The summed E-state index contributed by atoms with van der Waals surface area (Å²) in [7, 11) is 0. The highest BCUT2D eigenvalue weighted by atomic mass is 19.1. The Morgan fingerprint density at radius 2 is 1.71 bits per heavy atom. The molecule has 0 atom stereocenters. The van der Waals surface area contributed by atoms with Crippen LogP contribution in [0.25, 0.3) is 0 Å². The minimum atomic E-state index is -0.937. The number of esters is 1. The molecule has 0 bridgehead atoms. The van der Waals surface area contributed by atoms with E-state index < -0.39 is 47.8 Å². The third kappa shape index (κ3) is 5.84. The fraction of sp³-hybridized carbons (Fsp3) is 0.318. The molecule has 1 aliphatic rings. The second-order valence-corrected chi connectivity index (χ2v) is 7.17. The Morgan fingerprint density at radius 3 is 2.39 bits per heavy atom. The van der Waals surface area contributed by atoms with Crippen molar-refractivity contribution in [3.63, 3.8) is 0 Å². The lowest BCUT2D eigenvalue weighted by Gasteiger charge is -2.31. The molecule has 1 heterocycles. The van der Waals surface area contributed by atoms with E-state index in [2.05, 4.69) is 5.32 Å². The molecule has 0 aliphatic carbocycles. The number of nitrogens with one attached hydrogen (secondary N) is 1. The lowest BCUT2D eigenvalue weighted by atomic mass is 9.96. The molecule has 1 fully saturated rings. The summed E-state index contributed by atoms with van der Waals surface area (Å²) in [6, 6.07) is 8.75. The summed E-state index contributed by atoms with van der Waals surface area (Å²) in [6.07, 6.45) is 0.592. The number of amides is 2. The minimum Gasteiger partial charge on any atom is -0.455 e. The summed E-state index contributed by atoms with van der Waals surface area (Å²) >= 11 is 0. The topological polar surface area (TPSA) is 75.7 Å². The Labute approximate surface area is 177 Å². The predicted molar refractivity (Wildman–Crippen MR) is 104 cm³/mol. The molecule has 1 aliphatic heterocycles. The number of nitrogens with zero attached hydrogens (tertiary/aromatic N) is 1. The highest BCUT2D eigenvalue weighted by Crippen LogP contribution is 2.21. The van der Waals surface area contributed by atoms with Crippen LogP contribution in [0.2, 0.25) is 0 Å². The van der Waals surface area contributed by atoms with Crippen molar-refractivity contribution in [1.82, 2.24) is 10.2 Å². The quantitative estimate of drug-likeness (QED) is 0.710. The zero-order valence-electron chi connectivity index (χ0n) is 16.6. The van der Waals surface area contributed by atoms with Gasteiger partial charge in [-0.15, -0.1) is 0 Å². The zero-order chi connectivity index (χ0) is 22.4. The van der Waals surface area contributed by atoms with Gasteiger partial charge in [-0.2, -0.15) is 0 Å². The molecule has 6 nitrogen and oxygen atoms in total. The van der Waals surface area contributed by atoms with E-state index in [0.29, 0.717) is 24.5 Å². The van der Waals surface area contributed by atoms with Crippen LogP contribution in [0, 0.1) is 23.4 Å². The summed E-state index contributed by atoms with van der Waals surface area (Å²) in [5.41, 5.74) is 0.0887. The van der Waals surface area contributed by atoms with Gasteiger partial charge in [-0.25, -0.2) is 13.2 Å². The molecule has 1 saturated heterocycles. The second-order valence-electron chi connectivity index (χ2n) is 7.17. The Bertz CT molecular complexity index is 975. The monoisotopic (exact) mass is 434 g/mol. The van der Waals surface area contributed by atoms with E-state index in [1.807, 2.05) is 0 Å². The number of carbonyl (C=O) groups is 3. The van der Waals surface area contributed by atoms with Gasteiger partial charge in [0.05, 0.1) is 11.5 Å². The molecule has 2 amide bonds. The molecular formula is C22H21F3N2O4. The molecule has 9 heteroatoms. The number of likely N-dealkylation sites (tertiary alicyclic amines) is 1. The van der Waals surface area contributed by atoms with E-state index in [9.17, 15) is 27.6 Å². The lowest BCUT2D eigenvalue weighted by molar-refractivity contribution is -0.153. The van der Waals surface area contributed by atoms with Crippen LogP contribution in [0.5, 0.6) is 0 Å². The van der Waals surface area contributed by atoms with Crippen molar-refractivity contribution in [2.75, 3.05) is 19.7 Å². The third-order valence-electron chi connectivity index (χ3n) is 5.06. The van der Waals surface area contributed by atoms with Crippen LogP contribution in [0.4, 0.5) is 13.2 Å². The van der Waals surface area contributed by atoms with Crippen molar-refractivity contribution in [2.45, 2.75) is 19.4 Å². The van der Waals surface area contributed by atoms with Crippen LogP contribution in [0.15, 0.2) is 42.5 Å². The second kappa shape index (κ2) is 10.1. The first kappa shape index (κ1) is 22.3. The van der Waals surface area contributed by atoms with Gasteiger partial charge in [0.25, 0.3) is 11.8 Å². The Balaban J connectivity index is 1.42. The smallest absolute Gasteiger partial charge is 0.309 e. The molecule has 3 rings (SSSR count). The van der Waals surface area contributed by atoms with E-state index in [0.717, 1.165) is 12.1 Å². The first-order valence-electron chi connectivity index (χ1n) is 9.76. The number of hydrogen-bond donors (Lipinski definition) is 1. The van der Waals surface area contributed by atoms with Gasteiger partial charge in [0.1, 0.15) is 17.5 Å². The normalized spacial score (nSPS) is 14.2. The minimum absolute atomic E-state index is 0.0243. The molecule has 2 aromatic carbocycles. The number of rotatable bonds is 6. The van der Waals surface area contributed by atoms with E-state index >= 15 is 0 Å². The summed E-state index contributed by atoms with van der Waals surface area (Å²) in [4.78, 5) is 37.8. The molecule has 0 spiro atoms. The van der Waals surface area contributed by atoms with Crippen LogP contribution in [-0.4, -0.2) is 42.4 Å². The van der Waals surface area contributed by atoms with Gasteiger partial charge in [0, 0.05) is 31.3 Å². The van der Waals surface area contributed by atoms with Gasteiger partial charge in [-0.1, -0.05) is 18.2 Å². The van der Waals surface area contributed by atoms with Crippen molar-refractivity contribution in [3.8, 4) is 0 Å². The number of hydrogen-bond acceptors (Lipinski definition) is 4. The molecule has 1 N–H and O–H groups in total. The fourth-order valence-electron chi connectivity index (χ4n) is 3.29. The van der Waals surface area contributed by atoms with Gasteiger partial charge in [-0.3, -0.25) is 14.4 Å². The largest absolute Gasteiger partial charge is 0.455 e. The first-order chi connectivity index (χ1) is 14.8. The third-order valence-corrected chi connectivity index (χ3v) is 5.06.